The molecule has 0 saturated heterocycles. The van der Waals surface area contributed by atoms with Crippen LogP contribution in [0.4, 0.5) is 0 Å². The van der Waals surface area contributed by atoms with Crippen LogP contribution in [-0.2, 0) is 0 Å². The Bertz CT molecular complexity index is 488. The maximum absolute atomic E-state index is 5.89. The lowest BCUT2D eigenvalue weighted by Gasteiger charge is -2.11. The molecule has 2 heteroatoms. The van der Waals surface area contributed by atoms with Crippen LogP contribution in [0, 0.1) is 0 Å². The quantitative estimate of drug-likeness (QED) is 0.862. The molecule has 0 aliphatic rings. The predicted molar refractivity (Wildman–Crippen MR) is 79.0 cm³/mol. The third-order valence-electron chi connectivity index (χ3n) is 3.26. The zero-order valence-corrected chi connectivity index (χ0v) is 11.3. The fraction of sp³-hybridized carbons (Fsp3) is 0.250. The van der Waals surface area contributed by atoms with Crippen LogP contribution in [0.15, 0.2) is 48.5 Å². The zero-order valence-electron chi connectivity index (χ0n) is 10.6. The van der Waals surface area contributed by atoms with Gasteiger partial charge >= 0.3 is 0 Å². The third-order valence-corrected chi connectivity index (χ3v) is 3.51. The molecule has 94 valence electrons. The Hall–Kier alpha value is -1.31. The molecule has 0 saturated carbocycles. The van der Waals surface area contributed by atoms with Crippen LogP contribution in [0.5, 0.6) is 0 Å². The highest BCUT2D eigenvalue weighted by molar-refractivity contribution is 6.30. The molecule has 2 rings (SSSR count). The fourth-order valence-corrected chi connectivity index (χ4v) is 2.19. The molecule has 1 unspecified atom stereocenters. The van der Waals surface area contributed by atoms with E-state index in [-0.39, 0.29) is 0 Å². The van der Waals surface area contributed by atoms with Crippen molar-refractivity contribution in [2.24, 2.45) is 5.73 Å². The van der Waals surface area contributed by atoms with Crippen LogP contribution in [0.3, 0.4) is 0 Å². The Kier molecular flexibility index (Phi) is 4.40. The Balaban J connectivity index is 2.19. The minimum atomic E-state index is 0.522. The molecule has 2 N–H and O–H groups in total. The first-order valence-corrected chi connectivity index (χ1v) is 6.64. The largest absolute Gasteiger partial charge is 0.330 e. The summed E-state index contributed by atoms with van der Waals surface area (Å²) in [6.45, 7) is 2.95. The molecule has 2 aromatic rings. The number of nitrogens with two attached hydrogens (primary N) is 1. The molecule has 0 aromatic heterocycles. The van der Waals surface area contributed by atoms with Crippen LogP contribution in [0.1, 0.15) is 24.8 Å². The van der Waals surface area contributed by atoms with Gasteiger partial charge in [0.15, 0.2) is 0 Å². The van der Waals surface area contributed by atoms with Crippen molar-refractivity contribution < 1.29 is 0 Å². The number of rotatable bonds is 4. The molecule has 0 fully saturated rings. The SMILES string of the molecule is CC(CCN)c1ccc(-c2ccc(Cl)cc2)cc1. The average molecular weight is 260 g/mol. The van der Waals surface area contributed by atoms with Crippen molar-refractivity contribution in [2.75, 3.05) is 6.54 Å². The molecule has 1 atom stereocenters. The van der Waals surface area contributed by atoms with Gasteiger partial charge in [-0.3, -0.25) is 0 Å². The normalized spacial score (nSPS) is 12.4. The molecular weight excluding hydrogens is 242 g/mol. The van der Waals surface area contributed by atoms with Crippen LogP contribution < -0.4 is 5.73 Å². The van der Waals surface area contributed by atoms with E-state index in [2.05, 4.69) is 31.2 Å². The predicted octanol–water partition coefficient (Wildman–Crippen LogP) is 4.46. The van der Waals surface area contributed by atoms with Gasteiger partial charge in [-0.15, -0.1) is 0 Å². The number of hydrogen-bond acceptors (Lipinski definition) is 1. The van der Waals surface area contributed by atoms with Crippen molar-refractivity contribution in [3.8, 4) is 11.1 Å². The Labute approximate surface area is 114 Å². The van der Waals surface area contributed by atoms with Crippen LogP contribution in [0.25, 0.3) is 11.1 Å². The van der Waals surface area contributed by atoms with Crippen molar-refractivity contribution in [3.05, 3.63) is 59.1 Å². The summed E-state index contributed by atoms with van der Waals surface area (Å²) < 4.78 is 0. The van der Waals surface area contributed by atoms with E-state index in [0.717, 1.165) is 18.0 Å². The highest BCUT2D eigenvalue weighted by Gasteiger charge is 2.04. The summed E-state index contributed by atoms with van der Waals surface area (Å²) in [4.78, 5) is 0. The Morgan fingerprint density at radius 1 is 0.944 bits per heavy atom. The van der Waals surface area contributed by atoms with Gasteiger partial charge in [-0.2, -0.15) is 0 Å². The number of benzene rings is 2. The first-order chi connectivity index (χ1) is 8.70. The number of hydrogen-bond donors (Lipinski definition) is 1. The zero-order chi connectivity index (χ0) is 13.0. The highest BCUT2D eigenvalue weighted by Crippen LogP contribution is 2.25. The Morgan fingerprint density at radius 2 is 1.44 bits per heavy atom. The average Bonchev–Trinajstić information content (AvgIpc) is 2.40. The van der Waals surface area contributed by atoms with Crippen molar-refractivity contribution in [1.29, 1.82) is 0 Å². The monoisotopic (exact) mass is 259 g/mol. The van der Waals surface area contributed by atoms with Crippen molar-refractivity contribution in [1.82, 2.24) is 0 Å². The summed E-state index contributed by atoms with van der Waals surface area (Å²) >= 11 is 5.89. The van der Waals surface area contributed by atoms with E-state index in [1.807, 2.05) is 24.3 Å². The summed E-state index contributed by atoms with van der Waals surface area (Å²) in [6, 6.07) is 16.6. The van der Waals surface area contributed by atoms with E-state index in [1.165, 1.54) is 16.7 Å². The minimum Gasteiger partial charge on any atom is -0.330 e. The molecule has 0 heterocycles. The van der Waals surface area contributed by atoms with E-state index in [1.54, 1.807) is 0 Å². The second-order valence-corrected chi connectivity index (χ2v) is 5.04. The van der Waals surface area contributed by atoms with Gasteiger partial charge in [-0.1, -0.05) is 54.9 Å². The van der Waals surface area contributed by atoms with E-state index >= 15 is 0 Å². The second kappa shape index (κ2) is 6.03. The van der Waals surface area contributed by atoms with Crippen molar-refractivity contribution >= 4 is 11.6 Å². The van der Waals surface area contributed by atoms with Crippen LogP contribution in [0.2, 0.25) is 5.02 Å². The first-order valence-electron chi connectivity index (χ1n) is 6.26. The summed E-state index contributed by atoms with van der Waals surface area (Å²) in [5.41, 5.74) is 9.34. The third kappa shape index (κ3) is 3.12. The molecule has 0 radical (unpaired) electrons. The van der Waals surface area contributed by atoms with Gasteiger partial charge in [0.25, 0.3) is 0 Å². The lowest BCUT2D eigenvalue weighted by atomic mass is 9.95. The smallest absolute Gasteiger partial charge is 0.0406 e. The van der Waals surface area contributed by atoms with Crippen molar-refractivity contribution in [3.63, 3.8) is 0 Å². The second-order valence-electron chi connectivity index (χ2n) is 4.61. The van der Waals surface area contributed by atoms with Crippen molar-refractivity contribution in [2.45, 2.75) is 19.3 Å². The van der Waals surface area contributed by atoms with E-state index < -0.39 is 0 Å². The lowest BCUT2D eigenvalue weighted by molar-refractivity contribution is 0.690. The van der Waals surface area contributed by atoms with E-state index in [9.17, 15) is 0 Å². The molecule has 2 aromatic carbocycles. The molecule has 18 heavy (non-hydrogen) atoms. The molecule has 0 bridgehead atoms. The summed E-state index contributed by atoms with van der Waals surface area (Å²) in [5.74, 6) is 0.522. The van der Waals surface area contributed by atoms with E-state index in [4.69, 9.17) is 17.3 Å². The molecule has 0 aliphatic carbocycles. The van der Waals surface area contributed by atoms with E-state index in [0.29, 0.717) is 5.92 Å². The minimum absolute atomic E-state index is 0.522. The number of halogens is 1. The van der Waals surface area contributed by atoms with Gasteiger partial charge in [-0.05, 0) is 47.7 Å². The van der Waals surface area contributed by atoms with Gasteiger partial charge in [0, 0.05) is 5.02 Å². The maximum atomic E-state index is 5.89. The molecule has 0 aliphatic heterocycles. The van der Waals surface area contributed by atoms with Gasteiger partial charge in [0.05, 0.1) is 0 Å². The van der Waals surface area contributed by atoms with Crippen LogP contribution in [-0.4, -0.2) is 6.54 Å². The molecule has 0 amide bonds. The standard InChI is InChI=1S/C16H18ClN/c1-12(10-11-18)13-2-4-14(5-3-13)15-6-8-16(17)9-7-15/h2-9,12H,10-11,18H2,1H3. The Morgan fingerprint density at radius 3 is 1.94 bits per heavy atom. The van der Waals surface area contributed by atoms with Gasteiger partial charge < -0.3 is 5.73 Å². The lowest BCUT2D eigenvalue weighted by Crippen LogP contribution is -2.04. The fourth-order valence-electron chi connectivity index (χ4n) is 2.06. The summed E-state index contributed by atoms with van der Waals surface area (Å²) in [5, 5.41) is 0.770. The van der Waals surface area contributed by atoms with Crippen LogP contribution >= 0.6 is 11.6 Å². The van der Waals surface area contributed by atoms with Gasteiger partial charge in [-0.25, -0.2) is 0 Å². The first kappa shape index (κ1) is 13.1. The highest BCUT2D eigenvalue weighted by atomic mass is 35.5. The molecule has 0 spiro atoms. The van der Waals surface area contributed by atoms with Gasteiger partial charge in [0.1, 0.15) is 0 Å². The summed E-state index contributed by atoms with van der Waals surface area (Å²) in [6.07, 6.45) is 1.03. The molecular formula is C16H18ClN. The topological polar surface area (TPSA) is 26.0 Å². The maximum Gasteiger partial charge on any atom is 0.0406 e. The van der Waals surface area contributed by atoms with Gasteiger partial charge in [0.2, 0.25) is 0 Å². The summed E-state index contributed by atoms with van der Waals surface area (Å²) in [7, 11) is 0. The molecule has 1 nitrogen and oxygen atoms in total.